The summed E-state index contributed by atoms with van der Waals surface area (Å²) in [6.07, 6.45) is 4.73. The molecule has 1 aliphatic heterocycles. The van der Waals surface area contributed by atoms with Crippen LogP contribution in [0.1, 0.15) is 12.8 Å². The van der Waals surface area contributed by atoms with E-state index in [1.54, 1.807) is 0 Å². The Labute approximate surface area is 105 Å². The van der Waals surface area contributed by atoms with Crippen molar-refractivity contribution in [2.75, 3.05) is 31.6 Å². The van der Waals surface area contributed by atoms with Gasteiger partial charge < -0.3 is 10.2 Å². The average Bonchev–Trinajstić information content (AvgIpc) is 2.40. The van der Waals surface area contributed by atoms with Crippen LogP contribution in [0.25, 0.3) is 0 Å². The van der Waals surface area contributed by atoms with Gasteiger partial charge in [-0.25, -0.2) is 9.97 Å². The van der Waals surface area contributed by atoms with Crippen molar-refractivity contribution in [2.45, 2.75) is 12.8 Å². The van der Waals surface area contributed by atoms with Crippen molar-refractivity contribution in [3.05, 3.63) is 22.5 Å². The number of nitrogens with one attached hydrogen (secondary N) is 1. The third kappa shape index (κ3) is 2.92. The quantitative estimate of drug-likeness (QED) is 0.630. The van der Waals surface area contributed by atoms with Crippen LogP contribution in [0.4, 0.5) is 11.6 Å². The van der Waals surface area contributed by atoms with Crippen molar-refractivity contribution < 1.29 is 4.92 Å². The maximum absolute atomic E-state index is 10.5. The topological polar surface area (TPSA) is 84.2 Å². The van der Waals surface area contributed by atoms with Crippen molar-refractivity contribution in [1.29, 1.82) is 0 Å². The minimum absolute atomic E-state index is 0.0659. The van der Waals surface area contributed by atoms with Gasteiger partial charge in [0.2, 0.25) is 5.95 Å². The first-order valence-electron chi connectivity index (χ1n) is 6.06. The Balaban J connectivity index is 1.95. The lowest BCUT2D eigenvalue weighted by Gasteiger charge is -2.31. The smallest absolute Gasteiger partial charge is 0.305 e. The van der Waals surface area contributed by atoms with E-state index >= 15 is 0 Å². The lowest BCUT2D eigenvalue weighted by atomic mass is 9.97. The van der Waals surface area contributed by atoms with Crippen LogP contribution in [-0.4, -0.2) is 41.6 Å². The van der Waals surface area contributed by atoms with E-state index in [-0.39, 0.29) is 5.69 Å². The fourth-order valence-electron chi connectivity index (χ4n) is 2.20. The molecule has 0 amide bonds. The second-order valence-corrected chi connectivity index (χ2v) is 4.49. The van der Waals surface area contributed by atoms with Gasteiger partial charge in [0.15, 0.2) is 0 Å². The molecule has 1 fully saturated rings. The molecule has 0 bridgehead atoms. The van der Waals surface area contributed by atoms with E-state index in [1.807, 2.05) is 7.05 Å². The number of anilines is 1. The Morgan fingerprint density at radius 1 is 1.44 bits per heavy atom. The van der Waals surface area contributed by atoms with Gasteiger partial charge in [0.25, 0.3) is 0 Å². The van der Waals surface area contributed by atoms with Gasteiger partial charge in [0, 0.05) is 13.1 Å². The Kier molecular flexibility index (Phi) is 4.03. The summed E-state index contributed by atoms with van der Waals surface area (Å²) in [4.78, 5) is 20.2. The summed E-state index contributed by atoms with van der Waals surface area (Å²) in [6, 6.07) is 0. The van der Waals surface area contributed by atoms with Gasteiger partial charge in [-0.3, -0.25) is 10.1 Å². The van der Waals surface area contributed by atoms with Crippen molar-refractivity contribution in [1.82, 2.24) is 15.3 Å². The SMILES string of the molecule is CNCC1CCN(c2ncc([N+](=O)[O-])cn2)CC1. The number of piperidine rings is 1. The third-order valence-corrected chi connectivity index (χ3v) is 3.23. The molecule has 1 aromatic heterocycles. The number of nitrogens with zero attached hydrogens (tertiary/aromatic N) is 4. The largest absolute Gasteiger partial charge is 0.341 e. The maximum Gasteiger partial charge on any atom is 0.305 e. The second kappa shape index (κ2) is 5.72. The van der Waals surface area contributed by atoms with Crippen molar-refractivity contribution in [3.63, 3.8) is 0 Å². The fraction of sp³-hybridized carbons (Fsp3) is 0.636. The van der Waals surface area contributed by atoms with E-state index < -0.39 is 4.92 Å². The molecule has 0 spiro atoms. The van der Waals surface area contributed by atoms with Gasteiger partial charge in [-0.15, -0.1) is 0 Å². The highest BCUT2D eigenvalue weighted by atomic mass is 16.6. The lowest BCUT2D eigenvalue weighted by molar-refractivity contribution is -0.385. The van der Waals surface area contributed by atoms with Crippen molar-refractivity contribution in [2.24, 2.45) is 5.92 Å². The molecule has 1 aliphatic rings. The van der Waals surface area contributed by atoms with Crippen LogP contribution in [0.2, 0.25) is 0 Å². The number of rotatable bonds is 4. The zero-order valence-corrected chi connectivity index (χ0v) is 10.4. The molecule has 1 aromatic rings. The number of hydrogen-bond acceptors (Lipinski definition) is 6. The molecule has 0 aromatic carbocycles. The summed E-state index contributed by atoms with van der Waals surface area (Å²) in [5, 5.41) is 13.7. The van der Waals surface area contributed by atoms with Crippen LogP contribution in [-0.2, 0) is 0 Å². The average molecular weight is 251 g/mol. The first-order chi connectivity index (χ1) is 8.70. The third-order valence-electron chi connectivity index (χ3n) is 3.23. The van der Waals surface area contributed by atoms with Crippen LogP contribution >= 0.6 is 0 Å². The van der Waals surface area contributed by atoms with Gasteiger partial charge in [0.1, 0.15) is 12.4 Å². The predicted molar refractivity (Wildman–Crippen MR) is 67.6 cm³/mol. The summed E-state index contributed by atoms with van der Waals surface area (Å²) >= 11 is 0. The fourth-order valence-corrected chi connectivity index (χ4v) is 2.20. The molecule has 7 nitrogen and oxygen atoms in total. The summed E-state index contributed by atoms with van der Waals surface area (Å²) < 4.78 is 0. The molecule has 0 saturated carbocycles. The molecule has 7 heteroatoms. The van der Waals surface area contributed by atoms with Crippen molar-refractivity contribution >= 4 is 11.6 Å². The highest BCUT2D eigenvalue weighted by molar-refractivity contribution is 5.34. The summed E-state index contributed by atoms with van der Waals surface area (Å²) in [7, 11) is 1.96. The number of hydrogen-bond donors (Lipinski definition) is 1. The Morgan fingerprint density at radius 3 is 2.56 bits per heavy atom. The van der Waals surface area contributed by atoms with Gasteiger partial charge in [-0.2, -0.15) is 0 Å². The Bertz CT molecular complexity index is 400. The molecule has 0 radical (unpaired) electrons. The molecular weight excluding hydrogens is 234 g/mol. The zero-order chi connectivity index (χ0) is 13.0. The molecule has 0 aliphatic carbocycles. The predicted octanol–water partition coefficient (Wildman–Crippen LogP) is 0.821. The molecule has 2 rings (SSSR count). The number of nitro groups is 1. The van der Waals surface area contributed by atoms with Gasteiger partial charge in [0.05, 0.1) is 4.92 Å². The van der Waals surface area contributed by atoms with Gasteiger partial charge in [-0.1, -0.05) is 0 Å². The number of aromatic nitrogens is 2. The van der Waals surface area contributed by atoms with Gasteiger partial charge >= 0.3 is 5.69 Å². The Hall–Kier alpha value is -1.76. The molecule has 18 heavy (non-hydrogen) atoms. The van der Waals surface area contributed by atoms with E-state index in [0.717, 1.165) is 32.5 Å². The molecule has 98 valence electrons. The van der Waals surface area contributed by atoms with E-state index in [2.05, 4.69) is 20.2 Å². The summed E-state index contributed by atoms with van der Waals surface area (Å²) in [6.45, 7) is 2.85. The van der Waals surface area contributed by atoms with E-state index in [0.29, 0.717) is 11.9 Å². The van der Waals surface area contributed by atoms with Gasteiger partial charge in [-0.05, 0) is 32.4 Å². The molecule has 2 heterocycles. The highest BCUT2D eigenvalue weighted by Crippen LogP contribution is 2.20. The minimum atomic E-state index is -0.483. The van der Waals surface area contributed by atoms with E-state index in [9.17, 15) is 10.1 Å². The van der Waals surface area contributed by atoms with E-state index in [4.69, 9.17) is 0 Å². The normalized spacial score (nSPS) is 16.8. The molecule has 1 saturated heterocycles. The second-order valence-electron chi connectivity index (χ2n) is 4.49. The lowest BCUT2D eigenvalue weighted by Crippen LogP contribution is -2.37. The first-order valence-corrected chi connectivity index (χ1v) is 6.06. The standard InChI is InChI=1S/C11H17N5O2/c1-12-6-9-2-4-15(5-3-9)11-13-7-10(8-14-11)16(17)18/h7-9,12H,2-6H2,1H3. The van der Waals surface area contributed by atoms with E-state index in [1.165, 1.54) is 12.4 Å². The summed E-state index contributed by atoms with van der Waals surface area (Å²) in [5.41, 5.74) is -0.0659. The van der Waals surface area contributed by atoms with Crippen LogP contribution in [0.15, 0.2) is 12.4 Å². The monoisotopic (exact) mass is 251 g/mol. The van der Waals surface area contributed by atoms with Crippen LogP contribution in [0.3, 0.4) is 0 Å². The maximum atomic E-state index is 10.5. The highest BCUT2D eigenvalue weighted by Gasteiger charge is 2.20. The zero-order valence-electron chi connectivity index (χ0n) is 10.4. The molecule has 0 atom stereocenters. The summed E-state index contributed by atoms with van der Waals surface area (Å²) in [5.74, 6) is 1.29. The molecule has 0 unspecified atom stereocenters. The minimum Gasteiger partial charge on any atom is -0.341 e. The molecular formula is C11H17N5O2. The van der Waals surface area contributed by atoms with Crippen molar-refractivity contribution in [3.8, 4) is 0 Å². The molecule has 1 N–H and O–H groups in total. The first kappa shape index (κ1) is 12.7. The van der Waals surface area contributed by atoms with Crippen LogP contribution in [0, 0.1) is 16.0 Å². The van der Waals surface area contributed by atoms with Crippen LogP contribution in [0.5, 0.6) is 0 Å². The Morgan fingerprint density at radius 2 is 2.06 bits per heavy atom. The van der Waals surface area contributed by atoms with Crippen LogP contribution < -0.4 is 10.2 Å².